The van der Waals surface area contributed by atoms with Crippen molar-refractivity contribution in [2.24, 2.45) is 5.73 Å². The van der Waals surface area contributed by atoms with Crippen LogP contribution in [0, 0.1) is 0 Å². The summed E-state index contributed by atoms with van der Waals surface area (Å²) in [6.07, 6.45) is 0.562. The molecule has 1 atom stereocenters. The van der Waals surface area contributed by atoms with E-state index in [1.807, 2.05) is 27.7 Å². The number of rotatable bonds is 4. The molecule has 4 N–H and O–H groups in total. The van der Waals surface area contributed by atoms with Gasteiger partial charge in [-0.1, -0.05) is 6.92 Å². The van der Waals surface area contributed by atoms with Gasteiger partial charge in [0, 0.05) is 5.54 Å². The Bertz CT molecular complexity index is 233. The van der Waals surface area contributed by atoms with Gasteiger partial charge in [0.05, 0.1) is 12.6 Å². The summed E-state index contributed by atoms with van der Waals surface area (Å²) >= 11 is 0. The van der Waals surface area contributed by atoms with E-state index in [4.69, 9.17) is 5.73 Å². The zero-order valence-corrected chi connectivity index (χ0v) is 9.89. The van der Waals surface area contributed by atoms with Gasteiger partial charge in [-0.25, -0.2) is 0 Å². The molecular weight excluding hydrogens is 194 g/mol. The van der Waals surface area contributed by atoms with Crippen LogP contribution in [0.2, 0.25) is 0 Å². The quantitative estimate of drug-likeness (QED) is 0.605. The minimum atomic E-state index is -0.535. The lowest BCUT2D eigenvalue weighted by Crippen LogP contribution is -2.48. The summed E-state index contributed by atoms with van der Waals surface area (Å²) in [4.78, 5) is 22.5. The molecule has 0 bridgehead atoms. The van der Waals surface area contributed by atoms with Gasteiger partial charge < -0.3 is 16.4 Å². The third-order valence-electron chi connectivity index (χ3n) is 1.71. The Balaban J connectivity index is 3.87. The van der Waals surface area contributed by atoms with Crippen molar-refractivity contribution in [3.8, 4) is 0 Å². The topological polar surface area (TPSA) is 84.2 Å². The second-order valence-electron chi connectivity index (χ2n) is 4.53. The van der Waals surface area contributed by atoms with E-state index in [1.165, 1.54) is 0 Å². The van der Waals surface area contributed by atoms with Gasteiger partial charge in [-0.2, -0.15) is 0 Å². The summed E-state index contributed by atoms with van der Waals surface area (Å²) in [7, 11) is 0. The zero-order valence-electron chi connectivity index (χ0n) is 9.89. The maximum atomic E-state index is 11.3. The lowest BCUT2D eigenvalue weighted by Gasteiger charge is -2.20. The molecular formula is C10H21N3O2. The van der Waals surface area contributed by atoms with Crippen LogP contribution in [0.25, 0.3) is 0 Å². The first-order chi connectivity index (χ1) is 6.76. The number of carbonyl (C=O) groups is 2. The fourth-order valence-electron chi connectivity index (χ4n) is 0.946. The molecule has 5 heteroatoms. The molecule has 0 aromatic heterocycles. The molecule has 0 aromatic rings. The molecule has 0 saturated heterocycles. The van der Waals surface area contributed by atoms with E-state index in [9.17, 15) is 9.59 Å². The molecule has 0 spiro atoms. The van der Waals surface area contributed by atoms with Crippen molar-refractivity contribution in [2.75, 3.05) is 6.54 Å². The van der Waals surface area contributed by atoms with Crippen LogP contribution in [-0.2, 0) is 9.59 Å². The summed E-state index contributed by atoms with van der Waals surface area (Å²) in [6, 6.07) is -0.535. The lowest BCUT2D eigenvalue weighted by molar-refractivity contribution is -0.127. The van der Waals surface area contributed by atoms with Crippen LogP contribution in [0.5, 0.6) is 0 Å². The van der Waals surface area contributed by atoms with Crippen LogP contribution in [-0.4, -0.2) is 29.9 Å². The van der Waals surface area contributed by atoms with Crippen molar-refractivity contribution in [1.29, 1.82) is 0 Å². The van der Waals surface area contributed by atoms with Gasteiger partial charge in [-0.05, 0) is 27.2 Å². The fraction of sp³-hybridized carbons (Fsp3) is 0.800. The van der Waals surface area contributed by atoms with Crippen LogP contribution < -0.4 is 16.4 Å². The van der Waals surface area contributed by atoms with E-state index in [1.54, 1.807) is 0 Å². The molecule has 2 amide bonds. The molecule has 0 heterocycles. The molecule has 0 aliphatic carbocycles. The van der Waals surface area contributed by atoms with Crippen LogP contribution in [0.1, 0.15) is 34.1 Å². The van der Waals surface area contributed by atoms with E-state index >= 15 is 0 Å². The molecule has 0 aliphatic rings. The Morgan fingerprint density at radius 2 is 1.87 bits per heavy atom. The molecule has 0 unspecified atom stereocenters. The second-order valence-corrected chi connectivity index (χ2v) is 4.53. The first kappa shape index (κ1) is 13.9. The van der Waals surface area contributed by atoms with E-state index in [2.05, 4.69) is 10.6 Å². The summed E-state index contributed by atoms with van der Waals surface area (Å²) in [5, 5.41) is 5.22. The number of carbonyl (C=O) groups excluding carboxylic acids is 2. The average molecular weight is 215 g/mol. The third kappa shape index (κ3) is 6.90. The molecule has 0 rings (SSSR count). The highest BCUT2D eigenvalue weighted by atomic mass is 16.2. The summed E-state index contributed by atoms with van der Waals surface area (Å²) < 4.78 is 0. The van der Waals surface area contributed by atoms with Crippen LogP contribution in [0.15, 0.2) is 0 Å². The van der Waals surface area contributed by atoms with Gasteiger partial charge in [0.2, 0.25) is 11.8 Å². The van der Waals surface area contributed by atoms with Crippen molar-refractivity contribution >= 4 is 11.8 Å². The van der Waals surface area contributed by atoms with Crippen molar-refractivity contribution in [1.82, 2.24) is 10.6 Å². The molecule has 15 heavy (non-hydrogen) atoms. The average Bonchev–Trinajstić information content (AvgIpc) is 2.10. The lowest BCUT2D eigenvalue weighted by atomic mass is 10.1. The zero-order chi connectivity index (χ0) is 12.1. The van der Waals surface area contributed by atoms with Crippen LogP contribution in [0.4, 0.5) is 0 Å². The molecule has 0 aliphatic heterocycles. The predicted octanol–water partition coefficient (Wildman–Crippen LogP) is -0.245. The SMILES string of the molecule is CC[C@@H](N)C(=O)NCC(=O)NC(C)(C)C. The number of amides is 2. The van der Waals surface area contributed by atoms with Crippen LogP contribution >= 0.6 is 0 Å². The number of hydrogen-bond donors (Lipinski definition) is 3. The molecule has 5 nitrogen and oxygen atoms in total. The van der Waals surface area contributed by atoms with Crippen molar-refractivity contribution in [3.63, 3.8) is 0 Å². The first-order valence-corrected chi connectivity index (χ1v) is 5.10. The predicted molar refractivity (Wildman–Crippen MR) is 59.2 cm³/mol. The van der Waals surface area contributed by atoms with E-state index < -0.39 is 6.04 Å². The van der Waals surface area contributed by atoms with Crippen molar-refractivity contribution in [3.05, 3.63) is 0 Å². The Labute approximate surface area is 90.8 Å². The fourth-order valence-corrected chi connectivity index (χ4v) is 0.946. The number of nitrogens with two attached hydrogens (primary N) is 1. The van der Waals surface area contributed by atoms with Gasteiger partial charge in [0.25, 0.3) is 0 Å². The minimum Gasteiger partial charge on any atom is -0.350 e. The molecule has 88 valence electrons. The van der Waals surface area contributed by atoms with Gasteiger partial charge >= 0.3 is 0 Å². The van der Waals surface area contributed by atoms with Gasteiger partial charge in [0.1, 0.15) is 0 Å². The number of nitrogens with one attached hydrogen (secondary N) is 2. The maximum absolute atomic E-state index is 11.3. The molecule has 0 saturated carbocycles. The van der Waals surface area contributed by atoms with E-state index in [0.29, 0.717) is 6.42 Å². The highest BCUT2D eigenvalue weighted by Gasteiger charge is 2.15. The van der Waals surface area contributed by atoms with E-state index in [0.717, 1.165) is 0 Å². The highest BCUT2D eigenvalue weighted by molar-refractivity contribution is 5.87. The normalized spacial score (nSPS) is 13.1. The largest absolute Gasteiger partial charge is 0.350 e. The Hall–Kier alpha value is -1.10. The molecule has 0 aromatic carbocycles. The standard InChI is InChI=1S/C10H21N3O2/c1-5-7(11)9(15)12-6-8(14)13-10(2,3)4/h7H,5-6,11H2,1-4H3,(H,12,15)(H,13,14)/t7-/m1/s1. The third-order valence-corrected chi connectivity index (χ3v) is 1.71. The van der Waals surface area contributed by atoms with E-state index in [-0.39, 0.29) is 23.9 Å². The summed E-state index contributed by atoms with van der Waals surface area (Å²) in [5.74, 6) is -0.499. The van der Waals surface area contributed by atoms with Crippen LogP contribution in [0.3, 0.4) is 0 Å². The number of hydrogen-bond acceptors (Lipinski definition) is 3. The first-order valence-electron chi connectivity index (χ1n) is 5.10. The summed E-state index contributed by atoms with van der Waals surface area (Å²) in [6.45, 7) is 7.43. The van der Waals surface area contributed by atoms with Gasteiger partial charge in [-0.3, -0.25) is 9.59 Å². The molecule has 0 fully saturated rings. The smallest absolute Gasteiger partial charge is 0.239 e. The van der Waals surface area contributed by atoms with Crippen molar-refractivity contribution < 1.29 is 9.59 Å². The second kappa shape index (κ2) is 5.70. The minimum absolute atomic E-state index is 0.0240. The Kier molecular flexibility index (Phi) is 5.28. The maximum Gasteiger partial charge on any atom is 0.239 e. The summed E-state index contributed by atoms with van der Waals surface area (Å²) in [5.41, 5.74) is 5.20. The van der Waals surface area contributed by atoms with Crippen molar-refractivity contribution in [2.45, 2.75) is 45.7 Å². The Morgan fingerprint density at radius 3 is 2.27 bits per heavy atom. The Morgan fingerprint density at radius 1 is 1.33 bits per heavy atom. The molecule has 0 radical (unpaired) electrons. The monoisotopic (exact) mass is 215 g/mol. The van der Waals surface area contributed by atoms with Gasteiger partial charge in [0.15, 0.2) is 0 Å². The highest BCUT2D eigenvalue weighted by Crippen LogP contribution is 1.97. The van der Waals surface area contributed by atoms with Gasteiger partial charge in [-0.15, -0.1) is 0 Å².